The third-order valence-electron chi connectivity index (χ3n) is 4.05. The number of nitrogens with one attached hydrogen (secondary N) is 1. The molecule has 1 atom stereocenters. The minimum Gasteiger partial charge on any atom is -0.324 e. The predicted molar refractivity (Wildman–Crippen MR) is 102 cm³/mol. The van der Waals surface area contributed by atoms with Gasteiger partial charge in [0.15, 0.2) is 0 Å². The largest absolute Gasteiger partial charge is 0.324 e. The molecule has 2 aromatic rings. The van der Waals surface area contributed by atoms with E-state index in [4.69, 9.17) is 0 Å². The van der Waals surface area contributed by atoms with Gasteiger partial charge in [0.1, 0.15) is 0 Å². The van der Waals surface area contributed by atoms with Crippen LogP contribution in [0.4, 0.5) is 11.4 Å². The lowest BCUT2D eigenvalue weighted by Gasteiger charge is -2.25. The normalized spacial score (nSPS) is 16.9. The Morgan fingerprint density at radius 2 is 1.96 bits per heavy atom. The number of carbonyl (C=O) groups is 1. The van der Waals surface area contributed by atoms with E-state index in [-0.39, 0.29) is 16.1 Å². The van der Waals surface area contributed by atoms with Crippen molar-refractivity contribution >= 4 is 39.1 Å². The summed E-state index contributed by atoms with van der Waals surface area (Å²) in [7, 11) is -3.71. The lowest BCUT2D eigenvalue weighted by atomic mass is 10.2. The van der Waals surface area contributed by atoms with Crippen LogP contribution in [0.25, 0.3) is 0 Å². The third-order valence-corrected chi connectivity index (χ3v) is 7.12. The molecule has 132 valence electrons. The predicted octanol–water partition coefficient (Wildman–Crippen LogP) is 3.64. The Balaban J connectivity index is 2.02. The summed E-state index contributed by atoms with van der Waals surface area (Å²) in [4.78, 5) is 12.9. The molecule has 1 amide bonds. The molecule has 1 heterocycles. The minimum atomic E-state index is -3.71. The first kappa shape index (κ1) is 17.8. The van der Waals surface area contributed by atoms with E-state index in [2.05, 4.69) is 5.32 Å². The van der Waals surface area contributed by atoms with Gasteiger partial charge in [-0.05, 0) is 56.7 Å². The number of rotatable bonds is 4. The number of sulfonamides is 1. The van der Waals surface area contributed by atoms with Gasteiger partial charge >= 0.3 is 0 Å². The molecule has 0 fully saturated rings. The first-order valence-corrected chi connectivity index (χ1v) is 10.4. The Morgan fingerprint density at radius 1 is 1.20 bits per heavy atom. The molecule has 0 saturated heterocycles. The van der Waals surface area contributed by atoms with Crippen molar-refractivity contribution in [1.82, 2.24) is 0 Å². The van der Waals surface area contributed by atoms with Crippen molar-refractivity contribution in [2.75, 3.05) is 16.2 Å². The van der Waals surface area contributed by atoms with Gasteiger partial charge in [-0.2, -0.15) is 0 Å². The van der Waals surface area contributed by atoms with Gasteiger partial charge in [-0.15, -0.1) is 11.8 Å². The average Bonchev–Trinajstić information content (AvgIpc) is 2.56. The Hall–Kier alpha value is -1.99. The topological polar surface area (TPSA) is 66.5 Å². The SMILES string of the molecule is CCN(c1cccc(C)c1)S(=O)(=O)c1ccc2c(c1)NC(=O)[C@@H](C)S2. The van der Waals surface area contributed by atoms with Crippen molar-refractivity contribution in [2.45, 2.75) is 35.8 Å². The first-order chi connectivity index (χ1) is 11.8. The van der Waals surface area contributed by atoms with Gasteiger partial charge in [-0.1, -0.05) is 12.1 Å². The van der Waals surface area contributed by atoms with Gasteiger partial charge in [0.05, 0.1) is 21.5 Å². The molecular formula is C18H20N2O3S2. The van der Waals surface area contributed by atoms with Gasteiger partial charge in [0.2, 0.25) is 5.91 Å². The molecule has 5 nitrogen and oxygen atoms in total. The highest BCUT2D eigenvalue weighted by Crippen LogP contribution is 2.37. The second-order valence-electron chi connectivity index (χ2n) is 5.92. The standard InChI is InChI=1S/C18H20N2O3S2/c1-4-20(14-7-5-6-12(2)10-14)25(22,23)15-8-9-17-16(11-15)19-18(21)13(3)24-17/h5-11,13H,4H2,1-3H3,(H,19,21)/t13-/m1/s1. The summed E-state index contributed by atoms with van der Waals surface area (Å²) in [5.41, 5.74) is 2.18. The molecule has 1 N–H and O–H groups in total. The Bertz CT molecular complexity index is 926. The minimum absolute atomic E-state index is 0.113. The molecule has 0 spiro atoms. The number of hydrogen-bond donors (Lipinski definition) is 1. The van der Waals surface area contributed by atoms with E-state index in [9.17, 15) is 13.2 Å². The average molecular weight is 377 g/mol. The molecule has 0 unspecified atom stereocenters. The van der Waals surface area contributed by atoms with Crippen LogP contribution >= 0.6 is 11.8 Å². The number of fused-ring (bicyclic) bond motifs is 1. The van der Waals surface area contributed by atoms with Gasteiger partial charge in [0, 0.05) is 11.4 Å². The third kappa shape index (κ3) is 3.39. The highest BCUT2D eigenvalue weighted by molar-refractivity contribution is 8.01. The summed E-state index contributed by atoms with van der Waals surface area (Å²) in [5.74, 6) is -0.113. The molecule has 2 aromatic carbocycles. The molecular weight excluding hydrogens is 356 g/mol. The molecule has 1 aliphatic rings. The van der Waals surface area contributed by atoms with E-state index in [1.165, 1.54) is 16.1 Å². The zero-order valence-corrected chi connectivity index (χ0v) is 15.9. The fraction of sp³-hybridized carbons (Fsp3) is 0.278. The van der Waals surface area contributed by atoms with Crippen LogP contribution < -0.4 is 9.62 Å². The highest BCUT2D eigenvalue weighted by atomic mass is 32.2. The van der Waals surface area contributed by atoms with Gasteiger partial charge < -0.3 is 5.32 Å². The van der Waals surface area contributed by atoms with Crippen molar-refractivity contribution in [3.05, 3.63) is 48.0 Å². The maximum atomic E-state index is 13.1. The van der Waals surface area contributed by atoms with E-state index < -0.39 is 10.0 Å². The quantitative estimate of drug-likeness (QED) is 0.885. The number of carbonyl (C=O) groups excluding carboxylic acids is 1. The molecule has 0 saturated carbocycles. The summed E-state index contributed by atoms with van der Waals surface area (Å²) in [6.07, 6.45) is 0. The second-order valence-corrected chi connectivity index (χ2v) is 9.16. The number of anilines is 2. The van der Waals surface area contributed by atoms with Crippen molar-refractivity contribution in [3.63, 3.8) is 0 Å². The Morgan fingerprint density at radius 3 is 2.64 bits per heavy atom. The lowest BCUT2D eigenvalue weighted by molar-refractivity contribution is -0.115. The molecule has 0 radical (unpaired) electrons. The number of amides is 1. The zero-order valence-electron chi connectivity index (χ0n) is 14.3. The van der Waals surface area contributed by atoms with Crippen LogP contribution in [0.5, 0.6) is 0 Å². The number of nitrogens with zero attached hydrogens (tertiary/aromatic N) is 1. The summed E-state index contributed by atoms with van der Waals surface area (Å²) in [6, 6.07) is 12.3. The van der Waals surface area contributed by atoms with E-state index >= 15 is 0 Å². The molecule has 3 rings (SSSR count). The van der Waals surface area contributed by atoms with Crippen molar-refractivity contribution < 1.29 is 13.2 Å². The molecule has 1 aliphatic heterocycles. The lowest BCUT2D eigenvalue weighted by Crippen LogP contribution is -2.31. The first-order valence-electron chi connectivity index (χ1n) is 8.04. The number of hydrogen-bond acceptors (Lipinski definition) is 4. The molecule has 0 aromatic heterocycles. The number of aryl methyl sites for hydroxylation is 1. The van der Waals surface area contributed by atoms with E-state index in [0.717, 1.165) is 10.5 Å². The monoisotopic (exact) mass is 376 g/mol. The summed E-state index contributed by atoms with van der Waals surface area (Å²) < 4.78 is 27.6. The van der Waals surface area contributed by atoms with Crippen LogP contribution in [0, 0.1) is 6.92 Å². The van der Waals surface area contributed by atoms with Gasteiger partial charge in [0.25, 0.3) is 10.0 Å². The van der Waals surface area contributed by atoms with Crippen LogP contribution in [-0.4, -0.2) is 26.1 Å². The maximum absolute atomic E-state index is 13.1. The van der Waals surface area contributed by atoms with Crippen LogP contribution in [-0.2, 0) is 14.8 Å². The number of benzene rings is 2. The van der Waals surface area contributed by atoms with E-state index in [1.54, 1.807) is 31.2 Å². The van der Waals surface area contributed by atoms with Gasteiger partial charge in [-0.3, -0.25) is 9.10 Å². The molecule has 0 aliphatic carbocycles. The highest BCUT2D eigenvalue weighted by Gasteiger charge is 2.28. The van der Waals surface area contributed by atoms with Crippen LogP contribution in [0.15, 0.2) is 52.3 Å². The summed E-state index contributed by atoms with van der Waals surface area (Å²) in [6.45, 7) is 5.87. The smallest absolute Gasteiger partial charge is 0.264 e. The van der Waals surface area contributed by atoms with Crippen molar-refractivity contribution in [3.8, 4) is 0 Å². The Labute approximate surface area is 152 Å². The van der Waals surface area contributed by atoms with Gasteiger partial charge in [-0.25, -0.2) is 8.42 Å². The maximum Gasteiger partial charge on any atom is 0.264 e. The zero-order chi connectivity index (χ0) is 18.2. The summed E-state index contributed by atoms with van der Waals surface area (Å²) >= 11 is 1.43. The van der Waals surface area contributed by atoms with Crippen molar-refractivity contribution in [1.29, 1.82) is 0 Å². The molecule has 25 heavy (non-hydrogen) atoms. The van der Waals surface area contributed by atoms with Crippen molar-refractivity contribution in [2.24, 2.45) is 0 Å². The van der Waals surface area contributed by atoms with Crippen LogP contribution in [0.1, 0.15) is 19.4 Å². The van der Waals surface area contributed by atoms with E-state index in [0.29, 0.717) is 17.9 Å². The summed E-state index contributed by atoms with van der Waals surface area (Å²) in [5, 5.41) is 2.60. The number of thioether (sulfide) groups is 1. The molecule has 0 bridgehead atoms. The fourth-order valence-corrected chi connectivity index (χ4v) is 5.17. The molecule has 7 heteroatoms. The Kier molecular flexibility index (Phi) is 4.79. The second kappa shape index (κ2) is 6.72. The van der Waals surface area contributed by atoms with E-state index in [1.807, 2.05) is 32.0 Å². The van der Waals surface area contributed by atoms with Crippen LogP contribution in [0.2, 0.25) is 0 Å². The van der Waals surface area contributed by atoms with Crippen LogP contribution in [0.3, 0.4) is 0 Å². The fourth-order valence-electron chi connectivity index (χ4n) is 2.75.